The molecule has 0 aromatic rings. The summed E-state index contributed by atoms with van der Waals surface area (Å²) in [6.07, 6.45) is 2.75. The van der Waals surface area contributed by atoms with Crippen LogP contribution in [0.4, 0.5) is 0 Å². The second-order valence-corrected chi connectivity index (χ2v) is 5.22. The highest BCUT2D eigenvalue weighted by atomic mass is 32.2. The Labute approximate surface area is 86.9 Å². The van der Waals surface area contributed by atoms with Gasteiger partial charge in [-0.05, 0) is 18.8 Å². The monoisotopic (exact) mass is 223 g/mol. The van der Waals surface area contributed by atoms with Crippen LogP contribution in [0, 0.1) is 5.92 Å². The van der Waals surface area contributed by atoms with Crippen molar-refractivity contribution < 1.29 is 13.2 Å². The van der Waals surface area contributed by atoms with Crippen LogP contribution in [-0.2, 0) is 14.8 Å². The van der Waals surface area contributed by atoms with Gasteiger partial charge in [-0.2, -0.15) is 0 Å². The van der Waals surface area contributed by atoms with E-state index < -0.39 is 10.0 Å². The number of hydrogen-bond donors (Lipinski definition) is 1. The Balaban J connectivity index is 3.89. The molecular formula is C9H21NO3S. The molecular weight excluding hydrogens is 202 g/mol. The number of hydrogen-bond acceptors (Lipinski definition) is 3. The van der Waals surface area contributed by atoms with Gasteiger partial charge >= 0.3 is 0 Å². The number of nitrogens with two attached hydrogens (primary N) is 1. The highest BCUT2D eigenvalue weighted by molar-refractivity contribution is 7.89. The van der Waals surface area contributed by atoms with Crippen molar-refractivity contribution in [3.05, 3.63) is 0 Å². The van der Waals surface area contributed by atoms with Crippen molar-refractivity contribution in [2.24, 2.45) is 11.1 Å². The molecule has 0 aromatic carbocycles. The summed E-state index contributed by atoms with van der Waals surface area (Å²) in [5.41, 5.74) is 0. The fourth-order valence-electron chi connectivity index (χ4n) is 1.35. The zero-order chi connectivity index (χ0) is 11.0. The molecule has 0 bridgehead atoms. The van der Waals surface area contributed by atoms with Gasteiger partial charge < -0.3 is 4.74 Å². The number of rotatable bonds is 8. The largest absolute Gasteiger partial charge is 0.381 e. The first-order valence-corrected chi connectivity index (χ1v) is 6.79. The van der Waals surface area contributed by atoms with Gasteiger partial charge in [-0.1, -0.05) is 20.3 Å². The van der Waals surface area contributed by atoms with E-state index in [-0.39, 0.29) is 11.7 Å². The van der Waals surface area contributed by atoms with E-state index in [2.05, 4.69) is 0 Å². The highest BCUT2D eigenvalue weighted by Gasteiger charge is 2.14. The maximum Gasteiger partial charge on any atom is 0.209 e. The predicted octanol–water partition coefficient (Wildman–Crippen LogP) is 1.12. The molecule has 0 aromatic heterocycles. The normalized spacial score (nSPS) is 14.2. The average Bonchev–Trinajstić information content (AvgIpc) is 2.02. The van der Waals surface area contributed by atoms with Crippen LogP contribution < -0.4 is 5.14 Å². The average molecular weight is 223 g/mol. The van der Waals surface area contributed by atoms with E-state index in [1.165, 1.54) is 0 Å². The lowest BCUT2D eigenvalue weighted by atomic mass is 10.1. The molecule has 0 aliphatic carbocycles. The third-order valence-corrected chi connectivity index (χ3v) is 2.80. The summed E-state index contributed by atoms with van der Waals surface area (Å²) in [5, 5.41) is 4.99. The van der Waals surface area contributed by atoms with Crippen molar-refractivity contribution in [3.8, 4) is 0 Å². The molecule has 0 radical (unpaired) electrons. The lowest BCUT2D eigenvalue weighted by Crippen LogP contribution is -2.26. The van der Waals surface area contributed by atoms with Crippen LogP contribution in [-0.4, -0.2) is 27.4 Å². The van der Waals surface area contributed by atoms with Gasteiger partial charge in [0.1, 0.15) is 0 Å². The van der Waals surface area contributed by atoms with E-state index in [9.17, 15) is 8.42 Å². The van der Waals surface area contributed by atoms with Gasteiger partial charge in [-0.15, -0.1) is 0 Å². The minimum absolute atomic E-state index is 0.0323. The van der Waals surface area contributed by atoms with E-state index in [4.69, 9.17) is 9.88 Å². The Bertz CT molecular complexity index is 226. The molecule has 86 valence electrons. The molecule has 5 heteroatoms. The molecule has 0 amide bonds. The molecule has 0 spiro atoms. The molecule has 0 rings (SSSR count). The fraction of sp³-hybridized carbons (Fsp3) is 1.00. The first-order chi connectivity index (χ1) is 6.49. The first kappa shape index (κ1) is 13.9. The summed E-state index contributed by atoms with van der Waals surface area (Å²) in [7, 11) is -3.36. The van der Waals surface area contributed by atoms with E-state index in [1.807, 2.05) is 13.8 Å². The molecule has 0 saturated heterocycles. The van der Waals surface area contributed by atoms with E-state index in [0.29, 0.717) is 13.2 Å². The van der Waals surface area contributed by atoms with Gasteiger partial charge in [0, 0.05) is 6.61 Å². The summed E-state index contributed by atoms with van der Waals surface area (Å²) in [6.45, 7) is 5.23. The molecule has 1 unspecified atom stereocenters. The lowest BCUT2D eigenvalue weighted by Gasteiger charge is -2.14. The molecule has 4 nitrogen and oxygen atoms in total. The Morgan fingerprint density at radius 1 is 1.29 bits per heavy atom. The minimum atomic E-state index is -3.36. The Morgan fingerprint density at radius 3 is 2.36 bits per heavy atom. The Morgan fingerprint density at radius 2 is 1.93 bits per heavy atom. The highest BCUT2D eigenvalue weighted by Crippen LogP contribution is 2.09. The molecule has 0 saturated carbocycles. The van der Waals surface area contributed by atoms with Gasteiger partial charge in [0.15, 0.2) is 0 Å². The quantitative estimate of drug-likeness (QED) is 0.627. The Kier molecular flexibility index (Phi) is 7.13. The molecule has 0 aliphatic rings. The molecule has 0 fully saturated rings. The van der Waals surface area contributed by atoms with E-state index in [0.717, 1.165) is 19.3 Å². The van der Waals surface area contributed by atoms with Crippen molar-refractivity contribution in [1.82, 2.24) is 0 Å². The van der Waals surface area contributed by atoms with Gasteiger partial charge in [0.05, 0.1) is 12.4 Å². The summed E-state index contributed by atoms with van der Waals surface area (Å²) in [6, 6.07) is 0. The van der Waals surface area contributed by atoms with Crippen LogP contribution in [0.15, 0.2) is 0 Å². The van der Waals surface area contributed by atoms with Crippen LogP contribution in [0.2, 0.25) is 0 Å². The summed E-state index contributed by atoms with van der Waals surface area (Å²) in [4.78, 5) is 0. The zero-order valence-corrected chi connectivity index (χ0v) is 9.85. The summed E-state index contributed by atoms with van der Waals surface area (Å²) in [5.74, 6) is 0.0754. The molecule has 14 heavy (non-hydrogen) atoms. The van der Waals surface area contributed by atoms with Crippen LogP contribution in [0.1, 0.15) is 33.1 Å². The van der Waals surface area contributed by atoms with E-state index >= 15 is 0 Å². The summed E-state index contributed by atoms with van der Waals surface area (Å²) < 4.78 is 27.1. The Hall–Kier alpha value is -0.130. The van der Waals surface area contributed by atoms with Crippen LogP contribution in [0.25, 0.3) is 0 Å². The van der Waals surface area contributed by atoms with Crippen molar-refractivity contribution in [1.29, 1.82) is 0 Å². The summed E-state index contributed by atoms with van der Waals surface area (Å²) >= 11 is 0. The van der Waals surface area contributed by atoms with Crippen molar-refractivity contribution in [2.45, 2.75) is 33.1 Å². The zero-order valence-electron chi connectivity index (χ0n) is 9.03. The third kappa shape index (κ3) is 8.47. The van der Waals surface area contributed by atoms with Gasteiger partial charge in [0.25, 0.3) is 0 Å². The third-order valence-electron chi connectivity index (χ3n) is 1.87. The molecule has 2 N–H and O–H groups in total. The van der Waals surface area contributed by atoms with Crippen molar-refractivity contribution >= 4 is 10.0 Å². The number of primary sulfonamides is 1. The van der Waals surface area contributed by atoms with E-state index in [1.54, 1.807) is 0 Å². The van der Waals surface area contributed by atoms with Crippen molar-refractivity contribution in [2.75, 3.05) is 19.0 Å². The predicted molar refractivity (Wildman–Crippen MR) is 57.5 cm³/mol. The number of ether oxygens (including phenoxy) is 1. The second-order valence-electron chi connectivity index (χ2n) is 3.56. The van der Waals surface area contributed by atoms with Gasteiger partial charge in [0.2, 0.25) is 10.0 Å². The molecule has 1 atom stereocenters. The topological polar surface area (TPSA) is 69.4 Å². The second kappa shape index (κ2) is 7.20. The smallest absolute Gasteiger partial charge is 0.209 e. The maximum atomic E-state index is 10.9. The molecule has 0 aliphatic heterocycles. The van der Waals surface area contributed by atoms with Crippen LogP contribution >= 0.6 is 0 Å². The van der Waals surface area contributed by atoms with Crippen molar-refractivity contribution in [3.63, 3.8) is 0 Å². The van der Waals surface area contributed by atoms with Crippen LogP contribution in [0.5, 0.6) is 0 Å². The molecule has 0 heterocycles. The standard InChI is InChI=1S/C9H21NO3S/c1-3-5-9(7-13-6-4-2)8-14(10,11)12/h9H,3-8H2,1-2H3,(H2,10,11,12). The lowest BCUT2D eigenvalue weighted by molar-refractivity contribution is 0.103. The maximum absolute atomic E-state index is 10.9. The SMILES string of the molecule is CCCOCC(CCC)CS(N)(=O)=O. The van der Waals surface area contributed by atoms with Crippen LogP contribution in [0.3, 0.4) is 0 Å². The minimum Gasteiger partial charge on any atom is -0.381 e. The van der Waals surface area contributed by atoms with Gasteiger partial charge in [-0.25, -0.2) is 13.6 Å². The van der Waals surface area contributed by atoms with Gasteiger partial charge in [-0.3, -0.25) is 0 Å². The first-order valence-electron chi connectivity index (χ1n) is 5.07. The number of sulfonamides is 1. The fourth-order valence-corrected chi connectivity index (χ4v) is 2.27.